The number of hydrogen-bond acceptors (Lipinski definition) is 3. The van der Waals surface area contributed by atoms with Gasteiger partial charge in [0.05, 0.1) is 6.54 Å². The first-order valence-corrected chi connectivity index (χ1v) is 9.68. The Hall–Kier alpha value is -1.02. The number of rotatable bonds is 7. The first kappa shape index (κ1) is 21.3. The van der Waals surface area contributed by atoms with Crippen LogP contribution in [0.3, 0.4) is 0 Å². The number of nitrogens with zero attached hydrogens (tertiary/aromatic N) is 2. The second-order valence-corrected chi connectivity index (χ2v) is 7.32. The zero-order chi connectivity index (χ0) is 17.6. The normalized spacial score (nSPS) is 24.7. The van der Waals surface area contributed by atoms with Gasteiger partial charge in [-0.3, -0.25) is 4.90 Å². The van der Waals surface area contributed by atoms with Crippen LogP contribution in [0.1, 0.15) is 40.0 Å². The Morgan fingerprint density at radius 3 is 2.69 bits per heavy atom. The van der Waals surface area contributed by atoms with Crippen LogP contribution in [0.25, 0.3) is 0 Å². The Balaban J connectivity index is 0.00000243. The fourth-order valence-electron chi connectivity index (χ4n) is 3.58. The molecule has 3 atom stereocenters. The average Bonchev–Trinajstić information content (AvgIpc) is 3.37. The third kappa shape index (κ3) is 6.30. The van der Waals surface area contributed by atoms with Crippen LogP contribution in [0, 0.1) is 0 Å². The highest BCUT2D eigenvalue weighted by molar-refractivity contribution is 14.0. The summed E-state index contributed by atoms with van der Waals surface area (Å²) in [6, 6.07) is 11.9. The molecule has 2 N–H and O–H groups in total. The van der Waals surface area contributed by atoms with Crippen molar-refractivity contribution in [3.8, 4) is 5.75 Å². The molecule has 6 heteroatoms. The molecule has 1 saturated heterocycles. The van der Waals surface area contributed by atoms with Crippen LogP contribution in [0.5, 0.6) is 5.75 Å². The molecule has 1 aliphatic heterocycles. The molecule has 26 heavy (non-hydrogen) atoms. The summed E-state index contributed by atoms with van der Waals surface area (Å²) < 4.78 is 5.92. The topological polar surface area (TPSA) is 48.9 Å². The third-order valence-electron chi connectivity index (χ3n) is 4.91. The van der Waals surface area contributed by atoms with Crippen molar-refractivity contribution in [2.75, 3.05) is 19.6 Å². The molecule has 1 heterocycles. The second kappa shape index (κ2) is 10.3. The van der Waals surface area contributed by atoms with E-state index in [0.717, 1.165) is 30.8 Å². The van der Waals surface area contributed by atoms with Gasteiger partial charge in [-0.1, -0.05) is 18.2 Å². The lowest BCUT2D eigenvalue weighted by Gasteiger charge is -2.20. The molecule has 0 aromatic heterocycles. The van der Waals surface area contributed by atoms with E-state index in [0.29, 0.717) is 18.6 Å². The van der Waals surface area contributed by atoms with E-state index in [1.165, 1.54) is 19.3 Å². The zero-order valence-electron chi connectivity index (χ0n) is 16.1. The van der Waals surface area contributed by atoms with Gasteiger partial charge in [-0.05, 0) is 52.2 Å². The Labute approximate surface area is 175 Å². The molecular formula is C20H33IN4O. The van der Waals surface area contributed by atoms with E-state index >= 15 is 0 Å². The maximum atomic E-state index is 5.92. The highest BCUT2D eigenvalue weighted by Gasteiger charge is 2.38. The molecular weight excluding hydrogens is 439 g/mol. The van der Waals surface area contributed by atoms with Gasteiger partial charge in [-0.2, -0.15) is 0 Å². The number of likely N-dealkylation sites (tertiary alicyclic amines) is 1. The summed E-state index contributed by atoms with van der Waals surface area (Å²) in [6.45, 7) is 9.15. The summed E-state index contributed by atoms with van der Waals surface area (Å²) in [5.74, 6) is 1.80. The van der Waals surface area contributed by atoms with E-state index < -0.39 is 0 Å². The molecule has 0 bridgehead atoms. The number of benzene rings is 1. The van der Waals surface area contributed by atoms with Gasteiger partial charge >= 0.3 is 0 Å². The van der Waals surface area contributed by atoms with Gasteiger partial charge in [0, 0.05) is 31.2 Å². The van der Waals surface area contributed by atoms with Crippen molar-refractivity contribution < 1.29 is 4.74 Å². The number of guanidine groups is 1. The average molecular weight is 472 g/mol. The van der Waals surface area contributed by atoms with E-state index in [1.54, 1.807) is 0 Å². The van der Waals surface area contributed by atoms with Gasteiger partial charge in [0.2, 0.25) is 0 Å². The monoisotopic (exact) mass is 472 g/mol. The highest BCUT2D eigenvalue weighted by atomic mass is 127. The number of nitrogens with one attached hydrogen (secondary N) is 2. The molecule has 5 nitrogen and oxygen atoms in total. The van der Waals surface area contributed by atoms with Gasteiger partial charge in [0.15, 0.2) is 5.96 Å². The van der Waals surface area contributed by atoms with E-state index in [4.69, 9.17) is 9.73 Å². The largest absolute Gasteiger partial charge is 0.489 e. The second-order valence-electron chi connectivity index (χ2n) is 7.32. The summed E-state index contributed by atoms with van der Waals surface area (Å²) in [5.41, 5.74) is 0. The molecule has 3 rings (SSSR count). The van der Waals surface area contributed by atoms with E-state index in [2.05, 4.69) is 36.3 Å². The maximum Gasteiger partial charge on any atom is 0.191 e. The summed E-state index contributed by atoms with van der Waals surface area (Å²) >= 11 is 0. The molecule has 0 spiro atoms. The summed E-state index contributed by atoms with van der Waals surface area (Å²) in [4.78, 5) is 7.39. The molecule has 146 valence electrons. The van der Waals surface area contributed by atoms with Crippen molar-refractivity contribution >= 4 is 29.9 Å². The van der Waals surface area contributed by atoms with Gasteiger partial charge in [0.1, 0.15) is 11.9 Å². The van der Waals surface area contributed by atoms with Crippen LogP contribution in [0.2, 0.25) is 0 Å². The fourth-order valence-corrected chi connectivity index (χ4v) is 3.58. The highest BCUT2D eigenvalue weighted by Crippen LogP contribution is 2.33. The number of aliphatic imine (C=N–C) groups is 1. The predicted molar refractivity (Wildman–Crippen MR) is 119 cm³/mol. The smallest absolute Gasteiger partial charge is 0.191 e. The lowest BCUT2D eigenvalue weighted by Crippen LogP contribution is -2.45. The van der Waals surface area contributed by atoms with Crippen molar-refractivity contribution in [3.63, 3.8) is 0 Å². The van der Waals surface area contributed by atoms with Crippen molar-refractivity contribution in [1.82, 2.24) is 15.5 Å². The first-order chi connectivity index (χ1) is 12.2. The summed E-state index contributed by atoms with van der Waals surface area (Å²) in [5, 5.41) is 6.99. The minimum Gasteiger partial charge on any atom is -0.489 e. The Kier molecular flexibility index (Phi) is 8.47. The van der Waals surface area contributed by atoms with Gasteiger partial charge in [0.25, 0.3) is 0 Å². The van der Waals surface area contributed by atoms with Crippen LogP contribution in [-0.2, 0) is 0 Å². The maximum absolute atomic E-state index is 5.92. The number of halogens is 1. The zero-order valence-corrected chi connectivity index (χ0v) is 18.5. The quantitative estimate of drug-likeness (QED) is 0.364. The fraction of sp³-hybridized carbons (Fsp3) is 0.650. The molecule has 1 aromatic rings. The molecule has 2 fully saturated rings. The molecule has 2 aliphatic rings. The summed E-state index contributed by atoms with van der Waals surface area (Å²) in [7, 11) is 0. The molecule has 1 aliphatic carbocycles. The van der Waals surface area contributed by atoms with Gasteiger partial charge in [-0.25, -0.2) is 4.99 Å². The van der Waals surface area contributed by atoms with Crippen molar-refractivity contribution in [2.24, 2.45) is 4.99 Å². The Morgan fingerprint density at radius 2 is 2.04 bits per heavy atom. The number of ether oxygens (including phenoxy) is 1. The Bertz CT molecular complexity index is 564. The number of hydrogen-bond donors (Lipinski definition) is 2. The lowest BCUT2D eigenvalue weighted by atomic mass is 10.2. The number of para-hydroxylation sites is 1. The molecule has 3 unspecified atom stereocenters. The molecule has 1 aromatic carbocycles. The van der Waals surface area contributed by atoms with Crippen LogP contribution >= 0.6 is 24.0 Å². The molecule has 0 amide bonds. The van der Waals surface area contributed by atoms with Crippen LogP contribution in [0.4, 0.5) is 0 Å². The third-order valence-corrected chi connectivity index (χ3v) is 4.91. The Morgan fingerprint density at radius 1 is 1.31 bits per heavy atom. The van der Waals surface area contributed by atoms with Crippen LogP contribution < -0.4 is 15.4 Å². The molecule has 1 saturated carbocycles. The van der Waals surface area contributed by atoms with E-state index in [1.807, 2.05) is 30.3 Å². The molecule has 0 radical (unpaired) electrons. The van der Waals surface area contributed by atoms with Crippen molar-refractivity contribution in [2.45, 2.75) is 64.3 Å². The van der Waals surface area contributed by atoms with Crippen molar-refractivity contribution in [3.05, 3.63) is 30.3 Å². The van der Waals surface area contributed by atoms with E-state index in [-0.39, 0.29) is 30.1 Å². The van der Waals surface area contributed by atoms with Crippen LogP contribution in [-0.4, -0.2) is 54.7 Å². The van der Waals surface area contributed by atoms with Crippen molar-refractivity contribution in [1.29, 1.82) is 0 Å². The van der Waals surface area contributed by atoms with Crippen LogP contribution in [0.15, 0.2) is 35.3 Å². The minimum atomic E-state index is 0. The standard InChI is InChI=1S/C20H32N4O.HI/c1-4-21-20(22-13-16(3)25-19-8-6-5-7-9-19)23-17-12-15(2)24(14-17)18-10-11-18;/h5-9,15-18H,4,10-14H2,1-3H3,(H2,21,22,23);1H. The lowest BCUT2D eigenvalue weighted by molar-refractivity contribution is 0.230. The van der Waals surface area contributed by atoms with E-state index in [9.17, 15) is 0 Å². The first-order valence-electron chi connectivity index (χ1n) is 9.68. The SMILES string of the molecule is CCNC(=NCC(C)Oc1ccccc1)NC1CC(C)N(C2CC2)C1.I. The van der Waals surface area contributed by atoms with Gasteiger partial charge < -0.3 is 15.4 Å². The van der Waals surface area contributed by atoms with Gasteiger partial charge in [-0.15, -0.1) is 24.0 Å². The predicted octanol–water partition coefficient (Wildman–Crippen LogP) is 3.25. The summed E-state index contributed by atoms with van der Waals surface area (Å²) in [6.07, 6.45) is 3.99. The minimum absolute atomic E-state index is 0.